The third-order valence-corrected chi connectivity index (χ3v) is 4.40. The zero-order valence-electron chi connectivity index (χ0n) is 10.9. The zero-order valence-corrected chi connectivity index (χ0v) is 10.9. The van der Waals surface area contributed by atoms with Crippen LogP contribution in [0.5, 0.6) is 0 Å². The summed E-state index contributed by atoms with van der Waals surface area (Å²) in [5.74, 6) is -0.0443. The Morgan fingerprint density at radius 3 is 2.50 bits per heavy atom. The first-order chi connectivity index (χ1) is 9.56. The number of carbonyl (C=O) groups is 1. The van der Waals surface area contributed by atoms with E-state index in [2.05, 4.69) is 0 Å². The normalized spacial score (nSPS) is 24.8. The van der Waals surface area contributed by atoms with Crippen LogP contribution < -0.4 is 0 Å². The Morgan fingerprint density at radius 1 is 1.30 bits per heavy atom. The van der Waals surface area contributed by atoms with Gasteiger partial charge in [-0.1, -0.05) is 6.42 Å². The minimum atomic E-state index is -0.958. The van der Waals surface area contributed by atoms with Gasteiger partial charge in [-0.05, 0) is 36.8 Å². The molecule has 0 bridgehead atoms. The van der Waals surface area contributed by atoms with E-state index >= 15 is 0 Å². The van der Waals surface area contributed by atoms with Gasteiger partial charge in [0, 0.05) is 24.7 Å². The monoisotopic (exact) mass is 278 g/mol. The van der Waals surface area contributed by atoms with E-state index in [-0.39, 0.29) is 11.5 Å². The number of fused-ring (bicyclic) bond motifs is 1. The van der Waals surface area contributed by atoms with Gasteiger partial charge in [-0.3, -0.25) is 14.9 Å². The maximum atomic E-state index is 13.6. The third-order valence-electron chi connectivity index (χ3n) is 4.40. The first-order valence-corrected chi connectivity index (χ1v) is 6.79. The lowest BCUT2D eigenvalue weighted by molar-refractivity contribution is -0.387. The third kappa shape index (κ3) is 2.15. The molecule has 6 heteroatoms. The fraction of sp³-hybridized carbons (Fsp3) is 0.500. The lowest BCUT2D eigenvalue weighted by Crippen LogP contribution is -2.29. The van der Waals surface area contributed by atoms with Gasteiger partial charge in [0.2, 0.25) is 5.82 Å². The smallest absolute Gasteiger partial charge is 0.304 e. The molecule has 1 aromatic rings. The van der Waals surface area contributed by atoms with E-state index < -0.39 is 16.4 Å². The van der Waals surface area contributed by atoms with E-state index in [0.29, 0.717) is 11.8 Å². The number of hydrogen-bond donors (Lipinski definition) is 0. The summed E-state index contributed by atoms with van der Waals surface area (Å²) in [5.41, 5.74) is -0.409. The van der Waals surface area contributed by atoms with Gasteiger partial charge in [0.25, 0.3) is 5.91 Å². The topological polar surface area (TPSA) is 63.4 Å². The van der Waals surface area contributed by atoms with Crippen molar-refractivity contribution in [3.05, 3.63) is 39.7 Å². The highest BCUT2D eigenvalue weighted by atomic mass is 19.1. The number of likely N-dealkylation sites (tertiary alicyclic amines) is 1. The second kappa shape index (κ2) is 4.85. The fourth-order valence-corrected chi connectivity index (χ4v) is 3.37. The Balaban J connectivity index is 1.78. The molecule has 106 valence electrons. The fourth-order valence-electron chi connectivity index (χ4n) is 3.37. The molecule has 3 rings (SSSR count). The van der Waals surface area contributed by atoms with Crippen LogP contribution >= 0.6 is 0 Å². The lowest BCUT2D eigenvalue weighted by Gasteiger charge is -2.17. The van der Waals surface area contributed by atoms with Crippen LogP contribution in [0.1, 0.15) is 29.6 Å². The zero-order chi connectivity index (χ0) is 14.3. The van der Waals surface area contributed by atoms with Crippen LogP contribution in [0, 0.1) is 27.8 Å². The Morgan fingerprint density at radius 2 is 1.95 bits per heavy atom. The standard InChI is InChI=1S/C14H15FN2O3/c15-12-6-9(4-5-13(12)17(19)20)14(18)16-7-10-2-1-3-11(10)8-16/h4-6,10-11H,1-3,7-8H2. The molecule has 1 aliphatic carbocycles. The summed E-state index contributed by atoms with van der Waals surface area (Å²) in [4.78, 5) is 23.8. The molecule has 0 N–H and O–H groups in total. The second-order valence-corrected chi connectivity index (χ2v) is 5.58. The summed E-state index contributed by atoms with van der Waals surface area (Å²) in [5, 5.41) is 10.6. The van der Waals surface area contributed by atoms with Crippen LogP contribution in [-0.2, 0) is 0 Å². The predicted octanol–water partition coefficient (Wildman–Crippen LogP) is 2.61. The van der Waals surface area contributed by atoms with Crippen molar-refractivity contribution in [3.8, 4) is 0 Å². The highest BCUT2D eigenvalue weighted by Gasteiger charge is 2.38. The molecule has 1 heterocycles. The molecule has 2 aliphatic rings. The molecular formula is C14H15FN2O3. The second-order valence-electron chi connectivity index (χ2n) is 5.58. The van der Waals surface area contributed by atoms with Gasteiger partial charge >= 0.3 is 5.69 Å². The Labute approximate surface area is 115 Å². The highest BCUT2D eigenvalue weighted by Crippen LogP contribution is 2.38. The van der Waals surface area contributed by atoms with E-state index in [1.807, 2.05) is 0 Å². The van der Waals surface area contributed by atoms with Crippen molar-refractivity contribution in [1.82, 2.24) is 4.90 Å². The number of nitrogens with zero attached hydrogens (tertiary/aromatic N) is 2. The van der Waals surface area contributed by atoms with Crippen molar-refractivity contribution in [2.24, 2.45) is 11.8 Å². The quantitative estimate of drug-likeness (QED) is 0.617. The number of benzene rings is 1. The molecule has 1 amide bonds. The number of carbonyl (C=O) groups excluding carboxylic acids is 1. The average Bonchev–Trinajstić information content (AvgIpc) is 2.97. The molecule has 0 aromatic heterocycles. The van der Waals surface area contributed by atoms with Gasteiger partial charge in [0.05, 0.1) is 4.92 Å². The summed E-state index contributed by atoms with van der Waals surface area (Å²) in [6, 6.07) is 3.35. The van der Waals surface area contributed by atoms with Gasteiger partial charge in [-0.2, -0.15) is 4.39 Å². The maximum Gasteiger partial charge on any atom is 0.304 e. The summed E-state index contributed by atoms with van der Waals surface area (Å²) in [6.07, 6.45) is 3.54. The molecule has 2 fully saturated rings. The molecular weight excluding hydrogens is 263 g/mol. The van der Waals surface area contributed by atoms with E-state index in [4.69, 9.17) is 0 Å². The van der Waals surface area contributed by atoms with Gasteiger partial charge in [-0.25, -0.2) is 0 Å². The van der Waals surface area contributed by atoms with Crippen molar-refractivity contribution in [2.45, 2.75) is 19.3 Å². The van der Waals surface area contributed by atoms with Crippen LogP contribution in [0.3, 0.4) is 0 Å². The summed E-state index contributed by atoms with van der Waals surface area (Å²) in [6.45, 7) is 1.45. The molecule has 1 saturated carbocycles. The minimum absolute atomic E-state index is 0.188. The molecule has 0 spiro atoms. The summed E-state index contributed by atoms with van der Waals surface area (Å²) >= 11 is 0. The Bertz CT molecular complexity index is 564. The van der Waals surface area contributed by atoms with E-state index in [9.17, 15) is 19.3 Å². The first kappa shape index (κ1) is 13.0. The van der Waals surface area contributed by atoms with E-state index in [1.54, 1.807) is 4.90 Å². The molecule has 5 nitrogen and oxygen atoms in total. The largest absolute Gasteiger partial charge is 0.338 e. The van der Waals surface area contributed by atoms with Gasteiger partial charge in [0.15, 0.2) is 0 Å². The number of rotatable bonds is 2. The number of hydrogen-bond acceptors (Lipinski definition) is 3. The summed E-state index contributed by atoms with van der Waals surface area (Å²) in [7, 11) is 0. The van der Waals surface area contributed by atoms with Crippen molar-refractivity contribution in [3.63, 3.8) is 0 Å². The van der Waals surface area contributed by atoms with Crippen molar-refractivity contribution in [1.29, 1.82) is 0 Å². The van der Waals surface area contributed by atoms with Gasteiger partial charge < -0.3 is 4.90 Å². The van der Waals surface area contributed by atoms with Crippen LogP contribution in [0.4, 0.5) is 10.1 Å². The highest BCUT2D eigenvalue weighted by molar-refractivity contribution is 5.94. The number of amides is 1. The lowest BCUT2D eigenvalue weighted by atomic mass is 10.0. The predicted molar refractivity (Wildman–Crippen MR) is 69.8 cm³/mol. The van der Waals surface area contributed by atoms with Crippen molar-refractivity contribution < 1.29 is 14.1 Å². The maximum absolute atomic E-state index is 13.6. The van der Waals surface area contributed by atoms with Crippen LogP contribution in [0.2, 0.25) is 0 Å². The molecule has 1 aliphatic heterocycles. The molecule has 20 heavy (non-hydrogen) atoms. The average molecular weight is 278 g/mol. The number of nitro benzene ring substituents is 1. The summed E-state index contributed by atoms with van der Waals surface area (Å²) < 4.78 is 13.6. The van der Waals surface area contributed by atoms with Crippen molar-refractivity contribution >= 4 is 11.6 Å². The molecule has 2 unspecified atom stereocenters. The molecule has 2 atom stereocenters. The van der Waals surface area contributed by atoms with Crippen LogP contribution in [0.25, 0.3) is 0 Å². The SMILES string of the molecule is O=C(c1ccc([N+](=O)[O-])c(F)c1)N1CC2CCCC2C1. The molecule has 1 saturated heterocycles. The number of halogens is 1. The van der Waals surface area contributed by atoms with Gasteiger partial charge in [-0.15, -0.1) is 0 Å². The minimum Gasteiger partial charge on any atom is -0.338 e. The van der Waals surface area contributed by atoms with E-state index in [0.717, 1.165) is 38.1 Å². The Kier molecular flexibility index (Phi) is 3.16. The van der Waals surface area contributed by atoms with E-state index in [1.165, 1.54) is 12.5 Å². The van der Waals surface area contributed by atoms with Crippen molar-refractivity contribution in [2.75, 3.05) is 13.1 Å². The van der Waals surface area contributed by atoms with Crippen LogP contribution in [0.15, 0.2) is 18.2 Å². The molecule has 1 aromatic carbocycles. The first-order valence-electron chi connectivity index (χ1n) is 6.79. The molecule has 0 radical (unpaired) electrons. The van der Waals surface area contributed by atoms with Gasteiger partial charge in [0.1, 0.15) is 0 Å². The Hall–Kier alpha value is -1.98. The van der Waals surface area contributed by atoms with Crippen LogP contribution in [-0.4, -0.2) is 28.8 Å². The number of nitro groups is 1.